The third-order valence-corrected chi connectivity index (χ3v) is 4.83. The minimum atomic E-state index is -4.99. The molecule has 0 saturated carbocycles. The number of hydrogen-bond acceptors (Lipinski definition) is 1. The van der Waals surface area contributed by atoms with Crippen LogP contribution in [0.1, 0.15) is 47.9 Å². The van der Waals surface area contributed by atoms with Crippen LogP contribution < -0.4 is 4.74 Å². The van der Waals surface area contributed by atoms with Crippen LogP contribution in [0.25, 0.3) is 0 Å². The van der Waals surface area contributed by atoms with E-state index in [4.69, 9.17) is 0 Å². The number of rotatable bonds is 4. The maximum absolute atomic E-state index is 14.5. The second kappa shape index (κ2) is 7.44. The third-order valence-electron chi connectivity index (χ3n) is 4.83. The first-order chi connectivity index (χ1) is 12.7. The Bertz CT molecular complexity index is 820. The summed E-state index contributed by atoms with van der Waals surface area (Å²) in [5, 5.41) is 0. The smallest absolute Gasteiger partial charge is 0.403 e. The molecule has 0 spiro atoms. The normalized spacial score (nSPS) is 16.9. The molecule has 146 valence electrons. The molecule has 2 aromatic carbocycles. The van der Waals surface area contributed by atoms with Crippen molar-refractivity contribution in [3.63, 3.8) is 0 Å². The molecule has 1 atom stereocenters. The SMILES string of the molecule is CCCc1cc(F)c(C2CCc3c(ccc(OC(F)(F)F)c3F)C2)c(F)c1. The van der Waals surface area contributed by atoms with Crippen LogP contribution in [0.3, 0.4) is 0 Å². The van der Waals surface area contributed by atoms with Crippen molar-refractivity contribution >= 4 is 0 Å². The molecular formula is C20H18F6O. The van der Waals surface area contributed by atoms with Crippen molar-refractivity contribution < 1.29 is 31.1 Å². The highest BCUT2D eigenvalue weighted by molar-refractivity contribution is 5.42. The number of benzene rings is 2. The van der Waals surface area contributed by atoms with Crippen molar-refractivity contribution in [1.29, 1.82) is 0 Å². The van der Waals surface area contributed by atoms with Gasteiger partial charge < -0.3 is 4.74 Å². The molecule has 1 aliphatic carbocycles. The second-order valence-electron chi connectivity index (χ2n) is 6.73. The second-order valence-corrected chi connectivity index (χ2v) is 6.73. The zero-order valence-corrected chi connectivity index (χ0v) is 14.6. The van der Waals surface area contributed by atoms with Gasteiger partial charge in [-0.15, -0.1) is 13.2 Å². The van der Waals surface area contributed by atoms with Crippen LogP contribution >= 0.6 is 0 Å². The number of aryl methyl sites for hydroxylation is 1. The number of fused-ring (bicyclic) bond motifs is 1. The van der Waals surface area contributed by atoms with Gasteiger partial charge >= 0.3 is 6.36 Å². The molecule has 7 heteroatoms. The number of halogens is 6. The largest absolute Gasteiger partial charge is 0.573 e. The maximum Gasteiger partial charge on any atom is 0.573 e. The molecule has 0 amide bonds. The Hall–Kier alpha value is -2.18. The summed E-state index contributed by atoms with van der Waals surface area (Å²) < 4.78 is 84.0. The van der Waals surface area contributed by atoms with Crippen molar-refractivity contribution in [2.75, 3.05) is 0 Å². The summed E-state index contributed by atoms with van der Waals surface area (Å²) in [4.78, 5) is 0. The predicted molar refractivity (Wildman–Crippen MR) is 88.2 cm³/mol. The Morgan fingerprint density at radius 1 is 1.07 bits per heavy atom. The summed E-state index contributed by atoms with van der Waals surface area (Å²) in [5.74, 6) is -3.72. The Balaban J connectivity index is 1.88. The summed E-state index contributed by atoms with van der Waals surface area (Å²) in [5.41, 5.74) is 1.08. The average molecular weight is 388 g/mol. The lowest BCUT2D eigenvalue weighted by Gasteiger charge is -2.27. The van der Waals surface area contributed by atoms with Gasteiger partial charge in [0.15, 0.2) is 11.6 Å². The Morgan fingerprint density at radius 3 is 2.33 bits per heavy atom. The van der Waals surface area contributed by atoms with E-state index in [9.17, 15) is 26.3 Å². The van der Waals surface area contributed by atoms with Gasteiger partial charge in [0, 0.05) is 5.56 Å². The molecule has 27 heavy (non-hydrogen) atoms. The molecule has 0 saturated heterocycles. The Kier molecular flexibility index (Phi) is 5.40. The highest BCUT2D eigenvalue weighted by atomic mass is 19.4. The summed E-state index contributed by atoms with van der Waals surface area (Å²) >= 11 is 0. The molecule has 1 nitrogen and oxygen atoms in total. The van der Waals surface area contributed by atoms with Crippen LogP contribution in [-0.4, -0.2) is 6.36 Å². The van der Waals surface area contributed by atoms with Crippen molar-refractivity contribution in [3.05, 3.63) is 64.0 Å². The van der Waals surface area contributed by atoms with Crippen LogP contribution in [0.2, 0.25) is 0 Å². The van der Waals surface area contributed by atoms with Gasteiger partial charge in [-0.3, -0.25) is 0 Å². The van der Waals surface area contributed by atoms with E-state index in [1.54, 1.807) is 0 Å². The standard InChI is InChI=1S/C20H18F6O/c1-2-3-11-8-15(21)18(16(22)9-11)13-4-6-14-12(10-13)5-7-17(19(14)23)27-20(24,25)26/h5,7-9,13H,2-4,6,10H2,1H3. The topological polar surface area (TPSA) is 9.23 Å². The highest BCUT2D eigenvalue weighted by Crippen LogP contribution is 2.39. The van der Waals surface area contributed by atoms with E-state index in [1.165, 1.54) is 18.2 Å². The summed E-state index contributed by atoms with van der Waals surface area (Å²) in [6.45, 7) is 1.91. The molecule has 1 aliphatic rings. The van der Waals surface area contributed by atoms with Crippen molar-refractivity contribution in [2.24, 2.45) is 0 Å². The fourth-order valence-electron chi connectivity index (χ4n) is 3.70. The van der Waals surface area contributed by atoms with Crippen molar-refractivity contribution in [3.8, 4) is 5.75 Å². The fraction of sp³-hybridized carbons (Fsp3) is 0.400. The van der Waals surface area contributed by atoms with Gasteiger partial charge in [-0.05, 0) is 66.5 Å². The predicted octanol–water partition coefficient (Wildman–Crippen LogP) is 6.23. The van der Waals surface area contributed by atoms with Gasteiger partial charge in [-0.2, -0.15) is 0 Å². The Morgan fingerprint density at radius 2 is 1.74 bits per heavy atom. The first kappa shape index (κ1) is 19.6. The van der Waals surface area contributed by atoms with Gasteiger partial charge in [0.05, 0.1) is 0 Å². The van der Waals surface area contributed by atoms with E-state index in [0.717, 1.165) is 12.5 Å². The number of ether oxygens (including phenoxy) is 1. The van der Waals surface area contributed by atoms with Gasteiger partial charge in [0.25, 0.3) is 0 Å². The first-order valence-corrected chi connectivity index (χ1v) is 8.73. The van der Waals surface area contributed by atoms with E-state index in [1.807, 2.05) is 6.92 Å². The van der Waals surface area contributed by atoms with Crippen molar-refractivity contribution in [1.82, 2.24) is 0 Å². The molecule has 3 rings (SSSR count). The van der Waals surface area contributed by atoms with Crippen molar-refractivity contribution in [2.45, 2.75) is 51.3 Å². The molecule has 2 aromatic rings. The van der Waals surface area contributed by atoms with Crippen LogP contribution in [0, 0.1) is 17.5 Å². The summed E-state index contributed by atoms with van der Waals surface area (Å²) in [6, 6.07) is 4.87. The van der Waals surface area contributed by atoms with E-state index < -0.39 is 35.5 Å². The van der Waals surface area contributed by atoms with Gasteiger partial charge in [-0.1, -0.05) is 19.4 Å². The quantitative estimate of drug-likeness (QED) is 0.565. The Labute approximate surface area is 153 Å². The van der Waals surface area contributed by atoms with E-state index in [2.05, 4.69) is 4.74 Å². The van der Waals surface area contributed by atoms with E-state index in [-0.39, 0.29) is 30.4 Å². The lowest BCUT2D eigenvalue weighted by atomic mass is 9.79. The molecule has 0 aliphatic heterocycles. The monoisotopic (exact) mass is 388 g/mol. The van der Waals surface area contributed by atoms with Crippen LogP contribution in [0.15, 0.2) is 24.3 Å². The zero-order chi connectivity index (χ0) is 19.8. The van der Waals surface area contributed by atoms with E-state index in [0.29, 0.717) is 17.5 Å². The number of alkyl halides is 3. The average Bonchev–Trinajstić information content (AvgIpc) is 2.56. The summed E-state index contributed by atoms with van der Waals surface area (Å²) in [7, 11) is 0. The van der Waals surface area contributed by atoms with E-state index >= 15 is 0 Å². The first-order valence-electron chi connectivity index (χ1n) is 8.73. The third kappa shape index (κ3) is 4.22. The molecule has 0 N–H and O–H groups in total. The molecule has 0 fully saturated rings. The lowest BCUT2D eigenvalue weighted by Crippen LogP contribution is -2.20. The van der Waals surface area contributed by atoms with Crippen LogP contribution in [0.5, 0.6) is 5.75 Å². The number of hydrogen-bond donors (Lipinski definition) is 0. The zero-order valence-electron chi connectivity index (χ0n) is 14.6. The molecule has 0 heterocycles. The molecule has 0 radical (unpaired) electrons. The van der Waals surface area contributed by atoms with Gasteiger partial charge in [0.1, 0.15) is 11.6 Å². The molecule has 1 unspecified atom stereocenters. The lowest BCUT2D eigenvalue weighted by molar-refractivity contribution is -0.275. The van der Waals surface area contributed by atoms with Gasteiger partial charge in [-0.25, -0.2) is 13.2 Å². The van der Waals surface area contributed by atoms with Crippen LogP contribution in [-0.2, 0) is 19.3 Å². The highest BCUT2D eigenvalue weighted by Gasteiger charge is 2.34. The fourth-order valence-corrected chi connectivity index (χ4v) is 3.70. The minimum Gasteiger partial charge on any atom is -0.403 e. The van der Waals surface area contributed by atoms with Crippen LogP contribution in [0.4, 0.5) is 26.3 Å². The molecular weight excluding hydrogens is 370 g/mol. The van der Waals surface area contributed by atoms with Gasteiger partial charge in [0.2, 0.25) is 0 Å². The maximum atomic E-state index is 14.5. The molecule has 0 bridgehead atoms. The minimum absolute atomic E-state index is 0.0449. The summed E-state index contributed by atoms with van der Waals surface area (Å²) in [6.07, 6.45) is -3.19. The molecule has 0 aromatic heterocycles.